The second-order valence-corrected chi connectivity index (χ2v) is 5.63. The topological polar surface area (TPSA) is 92.5 Å². The van der Waals surface area contributed by atoms with E-state index in [0.29, 0.717) is 13.1 Å². The number of nitrogens with one attached hydrogen (secondary N) is 1. The molecule has 1 unspecified atom stereocenters. The second kappa shape index (κ2) is 6.39. The van der Waals surface area contributed by atoms with Crippen LogP contribution in [0.15, 0.2) is 0 Å². The molecule has 0 radical (unpaired) electrons. The number of rotatable bonds is 3. The molecule has 8 heteroatoms. The molecule has 0 bridgehead atoms. The zero-order chi connectivity index (χ0) is 11.5. The van der Waals surface area contributed by atoms with Crippen LogP contribution in [0.4, 0.5) is 0 Å². The van der Waals surface area contributed by atoms with Crippen LogP contribution in [-0.2, 0) is 14.8 Å². The normalized spacial score (nSPS) is 21.4. The Morgan fingerprint density at radius 3 is 2.69 bits per heavy atom. The van der Waals surface area contributed by atoms with Gasteiger partial charge in [0.05, 0.1) is 0 Å². The summed E-state index contributed by atoms with van der Waals surface area (Å²) in [4.78, 5) is 13.1. The Kier molecular flexibility index (Phi) is 6.24. The molecule has 0 spiro atoms. The van der Waals surface area contributed by atoms with Crippen molar-refractivity contribution in [1.82, 2.24) is 9.62 Å². The molecule has 1 atom stereocenters. The Hall–Kier alpha value is -0.370. The minimum absolute atomic E-state index is 0. The molecule has 1 heterocycles. The van der Waals surface area contributed by atoms with E-state index in [1.165, 1.54) is 11.9 Å². The largest absolute Gasteiger partial charge is 0.340 e. The number of hydrogen-bond donors (Lipinski definition) is 2. The van der Waals surface area contributed by atoms with Crippen LogP contribution in [-0.4, -0.2) is 51.2 Å². The molecule has 6 nitrogen and oxygen atoms in total. The first-order valence-electron chi connectivity index (χ1n) is 4.89. The van der Waals surface area contributed by atoms with E-state index in [2.05, 4.69) is 4.72 Å². The first-order chi connectivity index (χ1) is 6.94. The third-order valence-corrected chi connectivity index (χ3v) is 3.68. The van der Waals surface area contributed by atoms with Crippen molar-refractivity contribution < 1.29 is 13.2 Å². The Morgan fingerprint density at radius 1 is 1.56 bits per heavy atom. The van der Waals surface area contributed by atoms with E-state index < -0.39 is 15.8 Å². The first-order valence-corrected chi connectivity index (χ1v) is 6.54. The molecular weight excluding hydrogens is 254 g/mol. The summed E-state index contributed by atoms with van der Waals surface area (Å²) >= 11 is 0. The van der Waals surface area contributed by atoms with Gasteiger partial charge in [-0.15, -0.1) is 12.4 Å². The van der Waals surface area contributed by atoms with Gasteiger partial charge in [-0.25, -0.2) is 13.1 Å². The maximum Gasteiger partial charge on any atom is 0.239 e. The summed E-state index contributed by atoms with van der Waals surface area (Å²) in [6.07, 6.45) is 1.73. The lowest BCUT2D eigenvalue weighted by atomic mass is 10.1. The molecule has 0 aromatic carbocycles. The number of piperidine rings is 1. The fourth-order valence-corrected chi connectivity index (χ4v) is 2.21. The molecular formula is C8H18ClN3O3S. The summed E-state index contributed by atoms with van der Waals surface area (Å²) in [6.45, 7) is 1.06. The number of nitrogens with zero attached hydrogens (tertiary/aromatic N) is 1. The lowest BCUT2D eigenvalue weighted by Gasteiger charge is -2.30. The zero-order valence-corrected chi connectivity index (χ0v) is 10.8. The van der Waals surface area contributed by atoms with Crippen molar-refractivity contribution in [3.8, 4) is 0 Å². The van der Waals surface area contributed by atoms with E-state index in [4.69, 9.17) is 5.73 Å². The predicted octanol–water partition coefficient (Wildman–Crippen LogP) is -1.09. The third-order valence-electron chi connectivity index (χ3n) is 2.44. The summed E-state index contributed by atoms with van der Waals surface area (Å²) < 4.78 is 24.4. The van der Waals surface area contributed by atoms with Gasteiger partial charge >= 0.3 is 0 Å². The van der Waals surface area contributed by atoms with Crippen molar-refractivity contribution in [1.29, 1.82) is 0 Å². The average Bonchev–Trinajstić information content (AvgIpc) is 2.17. The molecule has 1 saturated heterocycles. The minimum Gasteiger partial charge on any atom is -0.340 e. The van der Waals surface area contributed by atoms with E-state index in [-0.39, 0.29) is 24.4 Å². The van der Waals surface area contributed by atoms with E-state index in [1.54, 1.807) is 0 Å². The smallest absolute Gasteiger partial charge is 0.239 e. The molecule has 0 aromatic heterocycles. The molecule has 1 amide bonds. The van der Waals surface area contributed by atoms with E-state index in [9.17, 15) is 13.2 Å². The third kappa shape index (κ3) is 4.65. The number of nitrogens with two attached hydrogens (primary N) is 1. The number of hydrogen-bond acceptors (Lipinski definition) is 4. The van der Waals surface area contributed by atoms with Crippen LogP contribution in [0.25, 0.3) is 0 Å². The molecule has 0 saturated carbocycles. The van der Waals surface area contributed by atoms with Crippen molar-refractivity contribution in [2.45, 2.75) is 18.9 Å². The molecule has 1 rings (SSSR count). The van der Waals surface area contributed by atoms with Gasteiger partial charge in [0.1, 0.15) is 5.75 Å². The molecule has 1 fully saturated rings. The highest BCUT2D eigenvalue weighted by Gasteiger charge is 2.24. The Labute approximate surface area is 102 Å². The first kappa shape index (κ1) is 15.6. The summed E-state index contributed by atoms with van der Waals surface area (Å²) in [6, 6.07) is -0.0278. The van der Waals surface area contributed by atoms with Gasteiger partial charge in [0.2, 0.25) is 15.9 Å². The van der Waals surface area contributed by atoms with Crippen molar-refractivity contribution in [3.05, 3.63) is 0 Å². The summed E-state index contributed by atoms with van der Waals surface area (Å²) in [5, 5.41) is 0. The molecule has 96 valence electrons. The Bertz CT molecular complexity index is 333. The average molecular weight is 272 g/mol. The van der Waals surface area contributed by atoms with Gasteiger partial charge in [0.25, 0.3) is 0 Å². The van der Waals surface area contributed by atoms with Gasteiger partial charge in [-0.05, 0) is 19.9 Å². The number of carbonyl (C=O) groups is 1. The molecule has 16 heavy (non-hydrogen) atoms. The van der Waals surface area contributed by atoms with Crippen LogP contribution in [0.2, 0.25) is 0 Å². The van der Waals surface area contributed by atoms with Crippen LogP contribution in [0.3, 0.4) is 0 Å². The highest BCUT2D eigenvalue weighted by Crippen LogP contribution is 2.08. The van der Waals surface area contributed by atoms with Gasteiger partial charge in [-0.3, -0.25) is 4.79 Å². The number of likely N-dealkylation sites (tertiary alicyclic amines) is 1. The number of halogens is 1. The van der Waals surface area contributed by atoms with Crippen LogP contribution in [0.1, 0.15) is 12.8 Å². The fraction of sp³-hybridized carbons (Fsp3) is 0.875. The number of sulfonamides is 1. The predicted molar refractivity (Wildman–Crippen MR) is 63.9 cm³/mol. The summed E-state index contributed by atoms with van der Waals surface area (Å²) in [7, 11) is -2.17. The highest BCUT2D eigenvalue weighted by atomic mass is 35.5. The Balaban J connectivity index is 0.00000225. The van der Waals surface area contributed by atoms with E-state index >= 15 is 0 Å². The maximum atomic E-state index is 11.6. The summed E-state index contributed by atoms with van der Waals surface area (Å²) in [5.74, 6) is -0.865. The van der Waals surface area contributed by atoms with Gasteiger partial charge in [0, 0.05) is 19.1 Å². The molecule has 1 aliphatic rings. The fourth-order valence-electron chi connectivity index (χ4n) is 1.56. The van der Waals surface area contributed by atoms with Crippen LogP contribution in [0, 0.1) is 0 Å². The number of carbonyl (C=O) groups excluding carboxylic acids is 1. The van der Waals surface area contributed by atoms with Gasteiger partial charge < -0.3 is 10.6 Å². The maximum absolute atomic E-state index is 11.6. The lowest BCUT2D eigenvalue weighted by Crippen LogP contribution is -2.48. The van der Waals surface area contributed by atoms with Crippen molar-refractivity contribution in [2.24, 2.45) is 5.73 Å². The van der Waals surface area contributed by atoms with Gasteiger partial charge in [-0.2, -0.15) is 0 Å². The lowest BCUT2D eigenvalue weighted by molar-refractivity contribution is -0.129. The quantitative estimate of drug-likeness (QED) is 0.682. The minimum atomic E-state index is -3.47. The molecule has 0 aromatic rings. The van der Waals surface area contributed by atoms with Crippen molar-refractivity contribution >= 4 is 28.3 Å². The highest BCUT2D eigenvalue weighted by molar-refractivity contribution is 7.90. The molecule has 1 aliphatic heterocycles. The van der Waals surface area contributed by atoms with Gasteiger partial charge in [-0.1, -0.05) is 0 Å². The van der Waals surface area contributed by atoms with E-state index in [1.807, 2.05) is 0 Å². The number of amides is 1. The Morgan fingerprint density at radius 2 is 2.19 bits per heavy atom. The second-order valence-electron chi connectivity index (χ2n) is 3.71. The molecule has 0 aliphatic carbocycles. The van der Waals surface area contributed by atoms with Crippen molar-refractivity contribution in [2.75, 3.05) is 25.9 Å². The van der Waals surface area contributed by atoms with Crippen LogP contribution < -0.4 is 10.5 Å². The van der Waals surface area contributed by atoms with Crippen LogP contribution >= 0.6 is 12.4 Å². The summed E-state index contributed by atoms with van der Waals surface area (Å²) in [5.41, 5.74) is 5.70. The van der Waals surface area contributed by atoms with Crippen molar-refractivity contribution in [3.63, 3.8) is 0 Å². The molecule has 3 N–H and O–H groups in total. The van der Waals surface area contributed by atoms with Gasteiger partial charge in [0.15, 0.2) is 0 Å². The standard InChI is InChI=1S/C8H17N3O3S.ClH/c1-10-15(13,14)6-8(12)11-4-2-3-7(9)5-11;/h7,10H,2-6,9H2,1H3;1H. The monoisotopic (exact) mass is 271 g/mol. The zero-order valence-electron chi connectivity index (χ0n) is 9.18. The van der Waals surface area contributed by atoms with Crippen LogP contribution in [0.5, 0.6) is 0 Å². The van der Waals surface area contributed by atoms with E-state index in [0.717, 1.165) is 12.8 Å². The SMILES string of the molecule is CNS(=O)(=O)CC(=O)N1CCCC(N)C1.Cl.